The second-order valence-electron chi connectivity index (χ2n) is 12.1. The number of nitro groups is 1. The Morgan fingerprint density at radius 2 is 1.51 bits per heavy atom. The number of aromatic hydroxyl groups is 1. The number of hydrogen-bond donors (Lipinski definition) is 4. The lowest BCUT2D eigenvalue weighted by Crippen LogP contribution is -2.40. The van der Waals surface area contributed by atoms with Crippen molar-refractivity contribution in [3.8, 4) is 5.75 Å². The van der Waals surface area contributed by atoms with Gasteiger partial charge in [0.2, 0.25) is 10.0 Å². The first kappa shape index (κ1) is 37.3. The monoisotopic (exact) mass is 734 g/mol. The van der Waals surface area contributed by atoms with Crippen LogP contribution in [0.5, 0.6) is 5.75 Å². The number of non-ortho nitro benzene ring substituents is 1. The molecule has 4 aromatic rings. The smallest absolute Gasteiger partial charge is 0.301 e. The minimum atomic E-state index is -4.40. The van der Waals surface area contributed by atoms with Gasteiger partial charge in [-0.1, -0.05) is 24.3 Å². The van der Waals surface area contributed by atoms with Crippen LogP contribution in [0.15, 0.2) is 86.7 Å². The molecule has 0 amide bonds. The molecule has 16 nitrogen and oxygen atoms in total. The SMILES string of the molecule is CN(C)S(=O)(=O)Nc1cccc2c(O)c(S(=O)(=O)NC(C)(C)C)cc(N=Nc3ccc([N+](=O)[O-])cc3CCc3ccc(S(=O)(=O)O)cc3)c12. The van der Waals surface area contributed by atoms with Crippen molar-refractivity contribution >= 4 is 63.9 Å². The minimum Gasteiger partial charge on any atom is -0.506 e. The van der Waals surface area contributed by atoms with Gasteiger partial charge < -0.3 is 5.11 Å². The van der Waals surface area contributed by atoms with E-state index in [0.29, 0.717) is 11.1 Å². The Hall–Kier alpha value is -4.53. The summed E-state index contributed by atoms with van der Waals surface area (Å²) in [5.41, 5.74) is -0.214. The molecule has 0 fully saturated rings. The summed E-state index contributed by atoms with van der Waals surface area (Å²) < 4.78 is 90.2. The zero-order chi connectivity index (χ0) is 36.5. The Balaban J connectivity index is 1.89. The van der Waals surface area contributed by atoms with E-state index in [0.717, 1.165) is 10.4 Å². The number of benzene rings is 4. The molecule has 4 rings (SSSR count). The summed E-state index contributed by atoms with van der Waals surface area (Å²) in [6.07, 6.45) is 0.440. The molecular weight excluding hydrogens is 701 g/mol. The van der Waals surface area contributed by atoms with Crippen LogP contribution >= 0.6 is 0 Å². The van der Waals surface area contributed by atoms with Gasteiger partial charge in [0.25, 0.3) is 15.8 Å². The average Bonchev–Trinajstić information content (AvgIpc) is 2.98. The van der Waals surface area contributed by atoms with Crippen LogP contribution < -0.4 is 9.44 Å². The maximum atomic E-state index is 13.4. The normalized spacial score (nSPS) is 13.0. The van der Waals surface area contributed by atoms with Crippen LogP contribution in [0.1, 0.15) is 31.9 Å². The number of aryl methyl sites for hydroxylation is 2. The Kier molecular flexibility index (Phi) is 10.5. The van der Waals surface area contributed by atoms with Crippen LogP contribution in [0.3, 0.4) is 0 Å². The standard InChI is InChI=1S/C30H34N6O10S3/c1-30(2,3)34-47(40,41)27-18-26(28-23(29(27)37)7-6-8-25(28)33-49(45,46)35(4)5)32-31-24-16-13-21(36(38)39)17-20(24)12-9-19-10-14-22(15-11-19)48(42,43)44/h6-8,10-11,13-18,33-34,37H,9,12H2,1-5H3,(H,42,43,44). The fraction of sp³-hybridized carbons (Fsp3) is 0.267. The van der Waals surface area contributed by atoms with E-state index in [4.69, 9.17) is 0 Å². The lowest BCUT2D eigenvalue weighted by Gasteiger charge is -2.22. The summed E-state index contributed by atoms with van der Waals surface area (Å²) in [6, 6.07) is 14.5. The van der Waals surface area contributed by atoms with Crippen LogP contribution in [0.25, 0.3) is 10.8 Å². The Labute approximate surface area is 283 Å². The predicted octanol–water partition coefficient (Wildman–Crippen LogP) is 5.20. The van der Waals surface area contributed by atoms with Gasteiger partial charge in [0.1, 0.15) is 10.6 Å². The molecule has 0 saturated carbocycles. The third-order valence-electron chi connectivity index (χ3n) is 6.97. The first-order chi connectivity index (χ1) is 22.6. The van der Waals surface area contributed by atoms with E-state index in [-0.39, 0.29) is 51.3 Å². The predicted molar refractivity (Wildman–Crippen MR) is 183 cm³/mol. The Morgan fingerprint density at radius 3 is 2.08 bits per heavy atom. The lowest BCUT2D eigenvalue weighted by molar-refractivity contribution is -0.384. The highest BCUT2D eigenvalue weighted by Crippen LogP contribution is 2.43. The highest BCUT2D eigenvalue weighted by molar-refractivity contribution is 7.90. The molecule has 262 valence electrons. The topological polar surface area (TPSA) is 238 Å². The van der Waals surface area contributed by atoms with Gasteiger partial charge in [-0.2, -0.15) is 26.3 Å². The summed E-state index contributed by atoms with van der Waals surface area (Å²) in [6.45, 7) is 4.82. The number of phenolic OH excluding ortho intramolecular Hbond substituents is 1. The zero-order valence-electron chi connectivity index (χ0n) is 26.9. The number of rotatable bonds is 12. The van der Waals surface area contributed by atoms with Gasteiger partial charge >= 0.3 is 10.2 Å². The molecule has 0 aliphatic carbocycles. The van der Waals surface area contributed by atoms with Crippen molar-refractivity contribution in [2.24, 2.45) is 10.2 Å². The van der Waals surface area contributed by atoms with E-state index in [1.54, 1.807) is 20.8 Å². The van der Waals surface area contributed by atoms with Crippen molar-refractivity contribution in [1.82, 2.24) is 9.03 Å². The summed E-state index contributed by atoms with van der Waals surface area (Å²) >= 11 is 0. The van der Waals surface area contributed by atoms with Crippen molar-refractivity contribution in [2.75, 3.05) is 18.8 Å². The van der Waals surface area contributed by atoms with E-state index in [2.05, 4.69) is 19.7 Å². The molecule has 0 spiro atoms. The van der Waals surface area contributed by atoms with Crippen LogP contribution in [-0.4, -0.2) is 63.8 Å². The van der Waals surface area contributed by atoms with Crippen molar-refractivity contribution in [2.45, 2.75) is 48.9 Å². The first-order valence-corrected chi connectivity index (χ1v) is 18.7. The third kappa shape index (κ3) is 8.94. The zero-order valence-corrected chi connectivity index (χ0v) is 29.4. The third-order valence-corrected chi connectivity index (χ3v) is 11.0. The number of azo groups is 1. The number of sulfonamides is 1. The molecule has 0 aliphatic rings. The number of anilines is 1. The molecule has 0 heterocycles. The van der Waals surface area contributed by atoms with Crippen LogP contribution in [0, 0.1) is 10.1 Å². The van der Waals surface area contributed by atoms with Gasteiger partial charge in [-0.25, -0.2) is 13.1 Å². The average molecular weight is 735 g/mol. The molecule has 0 aromatic heterocycles. The van der Waals surface area contributed by atoms with Crippen molar-refractivity contribution in [1.29, 1.82) is 0 Å². The van der Waals surface area contributed by atoms with Crippen LogP contribution in [0.2, 0.25) is 0 Å². The van der Waals surface area contributed by atoms with Gasteiger partial charge in [0, 0.05) is 42.5 Å². The molecular formula is C30H34N6O10S3. The van der Waals surface area contributed by atoms with Crippen molar-refractivity contribution in [3.63, 3.8) is 0 Å². The maximum absolute atomic E-state index is 13.4. The fourth-order valence-corrected chi connectivity index (χ4v) is 7.34. The maximum Gasteiger partial charge on any atom is 0.301 e. The second-order valence-corrected chi connectivity index (χ2v) is 17.1. The first-order valence-electron chi connectivity index (χ1n) is 14.4. The van der Waals surface area contributed by atoms with Crippen LogP contribution in [-0.2, 0) is 43.2 Å². The molecule has 0 radical (unpaired) electrons. The summed E-state index contributed by atoms with van der Waals surface area (Å²) in [5, 5.41) is 31.3. The van der Waals surface area contributed by atoms with E-state index < -0.39 is 51.5 Å². The Morgan fingerprint density at radius 1 is 0.878 bits per heavy atom. The summed E-state index contributed by atoms with van der Waals surface area (Å²) in [5.74, 6) is -0.660. The quantitative estimate of drug-likeness (QED) is 0.0642. The molecule has 0 bridgehead atoms. The number of nitro benzene ring substituents is 1. The van der Waals surface area contributed by atoms with Gasteiger partial charge in [0.05, 0.1) is 26.9 Å². The number of fused-ring (bicyclic) bond motifs is 1. The lowest BCUT2D eigenvalue weighted by atomic mass is 10.0. The molecule has 19 heteroatoms. The molecule has 0 aliphatic heterocycles. The molecule has 4 N–H and O–H groups in total. The highest BCUT2D eigenvalue weighted by atomic mass is 32.2. The molecule has 0 unspecified atom stereocenters. The number of hydrogen-bond acceptors (Lipinski definition) is 11. The summed E-state index contributed by atoms with van der Waals surface area (Å²) in [7, 11) is -10.2. The van der Waals surface area contributed by atoms with E-state index in [1.807, 2.05) is 0 Å². The van der Waals surface area contributed by atoms with E-state index in [1.165, 1.54) is 74.8 Å². The van der Waals surface area contributed by atoms with E-state index in [9.17, 15) is 45.0 Å². The highest BCUT2D eigenvalue weighted by Gasteiger charge is 2.28. The molecule has 4 aromatic carbocycles. The van der Waals surface area contributed by atoms with Crippen molar-refractivity contribution < 1.29 is 39.8 Å². The minimum absolute atomic E-state index is 0.0197. The Bertz CT molecular complexity index is 2290. The van der Waals surface area contributed by atoms with Gasteiger partial charge in [-0.3, -0.25) is 19.4 Å². The second kappa shape index (κ2) is 13.8. The largest absolute Gasteiger partial charge is 0.506 e. The molecule has 49 heavy (non-hydrogen) atoms. The molecule has 0 atom stereocenters. The molecule has 0 saturated heterocycles. The number of nitrogens with zero attached hydrogens (tertiary/aromatic N) is 4. The number of phenols is 1. The van der Waals surface area contributed by atoms with Crippen LogP contribution in [0.4, 0.5) is 22.7 Å². The van der Waals surface area contributed by atoms with Gasteiger partial charge in [-0.15, -0.1) is 5.11 Å². The number of nitrogens with one attached hydrogen (secondary N) is 2. The van der Waals surface area contributed by atoms with Crippen molar-refractivity contribution in [3.05, 3.63) is 88.0 Å². The van der Waals surface area contributed by atoms with E-state index >= 15 is 0 Å². The summed E-state index contributed by atoms with van der Waals surface area (Å²) in [4.78, 5) is 10.1. The van der Waals surface area contributed by atoms with Gasteiger partial charge in [-0.05, 0) is 75.1 Å². The van der Waals surface area contributed by atoms with Gasteiger partial charge in [0.15, 0.2) is 0 Å². The fourth-order valence-electron chi connectivity index (χ4n) is 4.68.